The molecule has 0 aromatic heterocycles. The average molecular weight is 892 g/mol. The molecule has 0 saturated carbocycles. The fraction of sp³-hybridized carbons (Fsp3) is 0.947. The van der Waals surface area contributed by atoms with Crippen LogP contribution in [0.4, 0.5) is 0 Å². The van der Waals surface area contributed by atoms with Crippen LogP contribution in [0.15, 0.2) is 0 Å². The Morgan fingerprint density at radius 3 is 0.635 bits per heavy atom. The van der Waals surface area contributed by atoms with Gasteiger partial charge in [0.25, 0.3) is 0 Å². The minimum atomic E-state index is -0.760. The maximum Gasteiger partial charge on any atom is 0.306 e. The summed E-state index contributed by atoms with van der Waals surface area (Å²) in [6.07, 6.45) is 58.0. The summed E-state index contributed by atoms with van der Waals surface area (Å²) in [5.74, 6) is -0.834. The second-order valence-corrected chi connectivity index (χ2v) is 19.6. The zero-order valence-electron chi connectivity index (χ0n) is 42.9. The van der Waals surface area contributed by atoms with Gasteiger partial charge in [-0.05, 0) is 19.3 Å². The smallest absolute Gasteiger partial charge is 0.306 e. The molecule has 63 heavy (non-hydrogen) atoms. The summed E-state index contributed by atoms with van der Waals surface area (Å²) in [7, 11) is 0. The zero-order valence-corrected chi connectivity index (χ0v) is 42.9. The van der Waals surface area contributed by atoms with Gasteiger partial charge in [-0.2, -0.15) is 0 Å². The fourth-order valence-electron chi connectivity index (χ4n) is 8.80. The molecule has 0 heterocycles. The van der Waals surface area contributed by atoms with Gasteiger partial charge in [0.15, 0.2) is 6.10 Å². The van der Waals surface area contributed by atoms with Crippen LogP contribution in [0.5, 0.6) is 0 Å². The Morgan fingerprint density at radius 1 is 0.254 bits per heavy atom. The molecule has 0 aromatic carbocycles. The quantitative estimate of drug-likeness (QED) is 0.0344. The number of rotatable bonds is 53. The zero-order chi connectivity index (χ0) is 45.8. The van der Waals surface area contributed by atoms with Gasteiger partial charge in [-0.15, -0.1) is 0 Å². The second-order valence-electron chi connectivity index (χ2n) is 19.6. The lowest BCUT2D eigenvalue weighted by molar-refractivity contribution is -0.167. The van der Waals surface area contributed by atoms with Crippen LogP contribution >= 0.6 is 0 Å². The second kappa shape index (κ2) is 53.0. The molecule has 6 heteroatoms. The first kappa shape index (κ1) is 61.4. The Kier molecular flexibility index (Phi) is 51.7. The van der Waals surface area contributed by atoms with Crippen LogP contribution in [-0.2, 0) is 28.6 Å². The Labute approximate surface area is 393 Å². The van der Waals surface area contributed by atoms with Crippen LogP contribution in [0.1, 0.15) is 329 Å². The number of hydrogen-bond acceptors (Lipinski definition) is 6. The summed E-state index contributed by atoms with van der Waals surface area (Å²) in [6.45, 7) is 6.70. The molecule has 0 saturated heterocycles. The summed E-state index contributed by atoms with van der Waals surface area (Å²) in [4.78, 5) is 38.1. The van der Waals surface area contributed by atoms with E-state index in [0.29, 0.717) is 19.3 Å². The van der Waals surface area contributed by atoms with Gasteiger partial charge < -0.3 is 14.2 Å². The number of carbonyl (C=O) groups excluding carboxylic acids is 3. The van der Waals surface area contributed by atoms with E-state index in [1.165, 1.54) is 231 Å². The molecule has 0 rings (SSSR count). The van der Waals surface area contributed by atoms with E-state index < -0.39 is 6.10 Å². The number of unbranched alkanes of at least 4 members (excludes halogenated alkanes) is 42. The van der Waals surface area contributed by atoms with Crippen molar-refractivity contribution in [1.29, 1.82) is 0 Å². The molecule has 0 aliphatic heterocycles. The van der Waals surface area contributed by atoms with Crippen molar-refractivity contribution in [1.82, 2.24) is 0 Å². The van der Waals surface area contributed by atoms with E-state index in [9.17, 15) is 14.4 Å². The van der Waals surface area contributed by atoms with Gasteiger partial charge in [0, 0.05) is 19.3 Å². The number of hydrogen-bond donors (Lipinski definition) is 0. The molecule has 0 spiro atoms. The first-order valence-corrected chi connectivity index (χ1v) is 28.5. The Morgan fingerprint density at radius 2 is 0.429 bits per heavy atom. The maximum absolute atomic E-state index is 12.8. The molecule has 0 N–H and O–H groups in total. The van der Waals surface area contributed by atoms with Gasteiger partial charge in [-0.25, -0.2) is 0 Å². The van der Waals surface area contributed by atoms with Crippen molar-refractivity contribution in [3.8, 4) is 0 Å². The lowest BCUT2D eigenvalue weighted by Crippen LogP contribution is -2.30. The lowest BCUT2D eigenvalue weighted by atomic mass is 10.0. The lowest BCUT2D eigenvalue weighted by Gasteiger charge is -2.18. The molecule has 0 unspecified atom stereocenters. The van der Waals surface area contributed by atoms with Crippen molar-refractivity contribution in [2.45, 2.75) is 335 Å². The molecule has 0 aromatic rings. The summed E-state index contributed by atoms with van der Waals surface area (Å²) < 4.78 is 16.9. The summed E-state index contributed by atoms with van der Waals surface area (Å²) in [6, 6.07) is 0. The largest absolute Gasteiger partial charge is 0.462 e. The molecule has 6 nitrogen and oxygen atoms in total. The van der Waals surface area contributed by atoms with E-state index in [0.717, 1.165) is 57.8 Å². The molecule has 0 bridgehead atoms. The molecular weight excluding hydrogens is 781 g/mol. The van der Waals surface area contributed by atoms with E-state index in [-0.39, 0.29) is 31.1 Å². The SMILES string of the molecule is CCCCCCCCCCCCCCCCCCCCCC(=O)OC(COC(=O)CCCCCCCCCCCCCCC)COC(=O)CCCCCCCCCCCCCCC. The van der Waals surface area contributed by atoms with Gasteiger partial charge in [0.1, 0.15) is 13.2 Å². The molecule has 374 valence electrons. The highest BCUT2D eigenvalue weighted by molar-refractivity contribution is 5.71. The number of ether oxygens (including phenoxy) is 3. The van der Waals surface area contributed by atoms with Crippen molar-refractivity contribution in [2.24, 2.45) is 0 Å². The average Bonchev–Trinajstić information content (AvgIpc) is 3.28. The van der Waals surface area contributed by atoms with E-state index >= 15 is 0 Å². The van der Waals surface area contributed by atoms with Gasteiger partial charge in [0.2, 0.25) is 0 Å². The third-order valence-electron chi connectivity index (χ3n) is 13.1. The fourth-order valence-corrected chi connectivity index (χ4v) is 8.80. The Hall–Kier alpha value is -1.59. The van der Waals surface area contributed by atoms with Crippen LogP contribution in [0, 0.1) is 0 Å². The first-order chi connectivity index (χ1) is 31.0. The molecule has 0 fully saturated rings. The maximum atomic E-state index is 12.8. The van der Waals surface area contributed by atoms with Crippen LogP contribution in [0.2, 0.25) is 0 Å². The van der Waals surface area contributed by atoms with Crippen molar-refractivity contribution in [3.63, 3.8) is 0 Å². The molecule has 0 aliphatic rings. The first-order valence-electron chi connectivity index (χ1n) is 28.5. The van der Waals surface area contributed by atoms with Gasteiger partial charge in [-0.3, -0.25) is 14.4 Å². The third-order valence-corrected chi connectivity index (χ3v) is 13.1. The molecular formula is C57H110O6. The third kappa shape index (κ3) is 51.3. The molecule has 0 amide bonds. The molecule has 0 radical (unpaired) electrons. The van der Waals surface area contributed by atoms with Gasteiger partial charge >= 0.3 is 17.9 Å². The van der Waals surface area contributed by atoms with E-state index in [1.807, 2.05) is 0 Å². The highest BCUT2D eigenvalue weighted by Gasteiger charge is 2.19. The van der Waals surface area contributed by atoms with E-state index in [2.05, 4.69) is 20.8 Å². The van der Waals surface area contributed by atoms with Gasteiger partial charge in [-0.1, -0.05) is 290 Å². The Balaban J connectivity index is 4.27. The molecule has 0 aliphatic carbocycles. The van der Waals surface area contributed by atoms with Crippen LogP contribution in [-0.4, -0.2) is 37.2 Å². The number of esters is 3. The van der Waals surface area contributed by atoms with Crippen molar-refractivity contribution in [2.75, 3.05) is 13.2 Å². The topological polar surface area (TPSA) is 78.9 Å². The molecule has 0 atom stereocenters. The summed E-state index contributed by atoms with van der Waals surface area (Å²) in [5, 5.41) is 0. The standard InChI is InChI=1S/C57H110O6/c1-4-7-10-13-16-19-22-25-26-27-28-29-30-33-36-39-42-45-48-51-57(60)63-54(52-61-55(58)49-46-43-40-37-34-31-23-20-17-14-11-8-5-2)53-62-56(59)50-47-44-41-38-35-32-24-21-18-15-12-9-6-3/h54H,4-53H2,1-3H3. The van der Waals surface area contributed by atoms with Crippen LogP contribution in [0.3, 0.4) is 0 Å². The van der Waals surface area contributed by atoms with Crippen molar-refractivity contribution < 1.29 is 28.6 Å². The van der Waals surface area contributed by atoms with E-state index in [1.54, 1.807) is 0 Å². The monoisotopic (exact) mass is 891 g/mol. The summed E-state index contributed by atoms with van der Waals surface area (Å²) >= 11 is 0. The normalized spacial score (nSPS) is 11.4. The summed E-state index contributed by atoms with van der Waals surface area (Å²) in [5.41, 5.74) is 0. The van der Waals surface area contributed by atoms with Crippen molar-refractivity contribution >= 4 is 17.9 Å². The predicted molar refractivity (Wildman–Crippen MR) is 270 cm³/mol. The van der Waals surface area contributed by atoms with Crippen LogP contribution in [0.25, 0.3) is 0 Å². The minimum absolute atomic E-state index is 0.0613. The highest BCUT2D eigenvalue weighted by atomic mass is 16.6. The minimum Gasteiger partial charge on any atom is -0.462 e. The highest BCUT2D eigenvalue weighted by Crippen LogP contribution is 2.18. The van der Waals surface area contributed by atoms with E-state index in [4.69, 9.17) is 14.2 Å². The van der Waals surface area contributed by atoms with Crippen LogP contribution < -0.4 is 0 Å². The van der Waals surface area contributed by atoms with Crippen molar-refractivity contribution in [3.05, 3.63) is 0 Å². The van der Waals surface area contributed by atoms with Gasteiger partial charge in [0.05, 0.1) is 0 Å². The predicted octanol–water partition coefficient (Wildman–Crippen LogP) is 18.8. The Bertz CT molecular complexity index is 890. The number of carbonyl (C=O) groups is 3.